The summed E-state index contributed by atoms with van der Waals surface area (Å²) in [7, 11) is 0. The van der Waals surface area contributed by atoms with Crippen molar-refractivity contribution in [2.45, 2.75) is 39.9 Å². The van der Waals surface area contributed by atoms with Gasteiger partial charge in [-0.3, -0.25) is 9.59 Å². The Hall–Kier alpha value is -2.30. The van der Waals surface area contributed by atoms with Crippen LogP contribution < -0.4 is 0 Å². The molecule has 2 aromatic carbocycles. The van der Waals surface area contributed by atoms with Crippen LogP contribution in [-0.4, -0.2) is 21.8 Å². The lowest BCUT2D eigenvalue weighted by atomic mass is 9.49. The Bertz CT molecular complexity index is 735. The van der Waals surface area contributed by atoms with Crippen LogP contribution in [0.15, 0.2) is 48.5 Å². The highest BCUT2D eigenvalue weighted by Gasteiger charge is 2.65. The van der Waals surface area contributed by atoms with Gasteiger partial charge in [-0.1, -0.05) is 48.5 Å². The molecule has 4 nitrogen and oxygen atoms in total. The molecule has 2 N–H and O–H groups in total. The van der Waals surface area contributed by atoms with Crippen molar-refractivity contribution in [2.75, 3.05) is 0 Å². The minimum absolute atomic E-state index is 0.0209. The Morgan fingerprint density at radius 1 is 0.615 bits per heavy atom. The molecule has 1 saturated carbocycles. The minimum atomic E-state index is -0.986. The third-order valence-corrected chi connectivity index (χ3v) is 5.53. The number of aliphatic hydroxyl groups excluding tert-OH is 2. The molecule has 1 aliphatic rings. The number of rotatable bonds is 6. The first-order valence-electron chi connectivity index (χ1n) is 8.80. The van der Waals surface area contributed by atoms with Gasteiger partial charge in [-0.2, -0.15) is 0 Å². The molecule has 0 amide bonds. The summed E-state index contributed by atoms with van der Waals surface area (Å²) in [6.07, 6.45) is 0.769. The maximum atomic E-state index is 13.0. The number of benzene rings is 2. The molecule has 2 aromatic rings. The highest BCUT2D eigenvalue weighted by Crippen LogP contribution is 2.50. The monoisotopic (exact) mass is 352 g/mol. The summed E-state index contributed by atoms with van der Waals surface area (Å²) in [5.41, 5.74) is 1.48. The molecule has 3 rings (SSSR count). The molecule has 1 fully saturated rings. The smallest absolute Gasteiger partial charge is 0.160 e. The van der Waals surface area contributed by atoms with Gasteiger partial charge in [0.05, 0.1) is 24.0 Å². The van der Waals surface area contributed by atoms with E-state index in [4.69, 9.17) is 10.2 Å². The summed E-state index contributed by atoms with van der Waals surface area (Å²) in [4.78, 5) is 25.9. The molecule has 4 heteroatoms. The van der Waals surface area contributed by atoms with Crippen LogP contribution in [0, 0.1) is 10.8 Å². The van der Waals surface area contributed by atoms with E-state index in [1.807, 2.05) is 48.5 Å². The van der Waals surface area contributed by atoms with Crippen molar-refractivity contribution in [1.82, 2.24) is 0 Å². The highest BCUT2D eigenvalue weighted by molar-refractivity contribution is 6.30. The number of aliphatic hydroxyl groups is 2. The van der Waals surface area contributed by atoms with Crippen LogP contribution in [0.2, 0.25) is 0 Å². The van der Waals surface area contributed by atoms with Gasteiger partial charge < -0.3 is 10.2 Å². The second-order valence-electron chi connectivity index (χ2n) is 7.63. The van der Waals surface area contributed by atoms with Gasteiger partial charge in [0, 0.05) is 0 Å². The summed E-state index contributed by atoms with van der Waals surface area (Å²) in [5.74, 6) is -0.0417. The van der Waals surface area contributed by atoms with Crippen molar-refractivity contribution in [3.05, 3.63) is 70.8 Å². The predicted molar refractivity (Wildman–Crippen MR) is 98.4 cm³/mol. The zero-order valence-corrected chi connectivity index (χ0v) is 15.2. The molecule has 0 radical (unpaired) electrons. The lowest BCUT2D eigenvalue weighted by Crippen LogP contribution is -2.65. The molecule has 0 heterocycles. The first-order valence-corrected chi connectivity index (χ1v) is 8.80. The van der Waals surface area contributed by atoms with Gasteiger partial charge in [0.1, 0.15) is 0 Å². The quantitative estimate of drug-likeness (QED) is 0.784. The topological polar surface area (TPSA) is 74.6 Å². The summed E-state index contributed by atoms with van der Waals surface area (Å²) in [6.45, 7) is 3.41. The predicted octanol–water partition coefficient (Wildman–Crippen LogP) is 2.62. The maximum absolute atomic E-state index is 13.0. The molecule has 0 aromatic heterocycles. The number of carbonyl (C=O) groups excluding carboxylic acids is 2. The highest BCUT2D eigenvalue weighted by atomic mass is 16.3. The Balaban J connectivity index is 1.75. The van der Waals surface area contributed by atoms with Crippen molar-refractivity contribution < 1.29 is 19.8 Å². The van der Waals surface area contributed by atoms with Gasteiger partial charge in [-0.15, -0.1) is 0 Å². The minimum Gasteiger partial charge on any atom is -0.392 e. The fourth-order valence-electron chi connectivity index (χ4n) is 4.02. The molecule has 0 unspecified atom stereocenters. The van der Waals surface area contributed by atoms with Gasteiger partial charge in [0.15, 0.2) is 11.6 Å². The lowest BCUT2D eigenvalue weighted by Gasteiger charge is -2.49. The third-order valence-electron chi connectivity index (χ3n) is 5.53. The summed E-state index contributed by atoms with van der Waals surface area (Å²) in [6, 6.07) is 14.7. The van der Waals surface area contributed by atoms with Crippen LogP contribution in [0.3, 0.4) is 0 Å². The number of carbonyl (C=O) groups is 2. The van der Waals surface area contributed by atoms with Crippen molar-refractivity contribution in [3.8, 4) is 0 Å². The van der Waals surface area contributed by atoms with Crippen LogP contribution in [0.25, 0.3) is 0 Å². The fourth-order valence-corrected chi connectivity index (χ4v) is 4.02. The first-order chi connectivity index (χ1) is 12.3. The van der Waals surface area contributed by atoms with Crippen LogP contribution in [0.1, 0.15) is 36.1 Å². The van der Waals surface area contributed by atoms with Gasteiger partial charge in [-0.25, -0.2) is 0 Å². The van der Waals surface area contributed by atoms with Gasteiger partial charge in [0.2, 0.25) is 0 Å². The van der Waals surface area contributed by atoms with Crippen molar-refractivity contribution >= 4 is 11.6 Å². The largest absolute Gasteiger partial charge is 0.392 e. The van der Waals surface area contributed by atoms with E-state index in [2.05, 4.69) is 0 Å². The SMILES string of the molecule is CC1(Cc2ccc(CO)cc2)C(=O)C(C)(Cc2ccc(CO)cc2)C1=O. The molecule has 0 bridgehead atoms. The van der Waals surface area contributed by atoms with Crippen LogP contribution in [0.5, 0.6) is 0 Å². The third kappa shape index (κ3) is 3.00. The number of Topliss-reactive ketones (excluding diaryl/α,β-unsaturated/α-hetero) is 2. The fraction of sp³-hybridized carbons (Fsp3) is 0.364. The zero-order chi connectivity index (χ0) is 18.9. The van der Waals surface area contributed by atoms with E-state index >= 15 is 0 Å². The van der Waals surface area contributed by atoms with Crippen LogP contribution in [-0.2, 0) is 35.6 Å². The molecule has 0 spiro atoms. The second kappa shape index (κ2) is 6.78. The van der Waals surface area contributed by atoms with E-state index in [9.17, 15) is 9.59 Å². The number of hydrogen-bond donors (Lipinski definition) is 2. The van der Waals surface area contributed by atoms with Gasteiger partial charge in [0.25, 0.3) is 0 Å². The molecule has 26 heavy (non-hydrogen) atoms. The molecule has 0 aliphatic heterocycles. The van der Waals surface area contributed by atoms with Crippen molar-refractivity contribution in [3.63, 3.8) is 0 Å². The molecule has 0 atom stereocenters. The molecule has 136 valence electrons. The van der Waals surface area contributed by atoms with E-state index < -0.39 is 10.8 Å². The number of hydrogen-bond acceptors (Lipinski definition) is 4. The van der Waals surface area contributed by atoms with Crippen LogP contribution >= 0.6 is 0 Å². The molecular formula is C22H24O4. The summed E-state index contributed by atoms with van der Waals surface area (Å²) >= 11 is 0. The van der Waals surface area contributed by atoms with E-state index in [1.54, 1.807) is 13.8 Å². The Morgan fingerprint density at radius 2 is 0.885 bits per heavy atom. The Labute approximate surface area is 153 Å². The van der Waals surface area contributed by atoms with Crippen molar-refractivity contribution in [2.24, 2.45) is 10.8 Å². The van der Waals surface area contributed by atoms with E-state index in [0.29, 0.717) is 12.8 Å². The normalized spacial score (nSPS) is 25.2. The van der Waals surface area contributed by atoms with Gasteiger partial charge >= 0.3 is 0 Å². The molecule has 0 saturated heterocycles. The average molecular weight is 352 g/mol. The Kier molecular flexibility index (Phi) is 4.82. The second-order valence-corrected chi connectivity index (χ2v) is 7.63. The van der Waals surface area contributed by atoms with E-state index in [0.717, 1.165) is 22.3 Å². The lowest BCUT2D eigenvalue weighted by molar-refractivity contribution is -0.168. The number of ketones is 2. The van der Waals surface area contributed by atoms with Gasteiger partial charge in [-0.05, 0) is 48.9 Å². The first kappa shape index (κ1) is 18.5. The summed E-state index contributed by atoms with van der Waals surface area (Å²) < 4.78 is 0. The molecular weight excluding hydrogens is 328 g/mol. The average Bonchev–Trinajstić information content (AvgIpc) is 2.67. The van der Waals surface area contributed by atoms with Crippen LogP contribution in [0.4, 0.5) is 0 Å². The van der Waals surface area contributed by atoms with E-state index in [-0.39, 0.29) is 24.8 Å². The molecule has 1 aliphatic carbocycles. The zero-order valence-electron chi connectivity index (χ0n) is 15.2. The van der Waals surface area contributed by atoms with Crippen molar-refractivity contribution in [1.29, 1.82) is 0 Å². The summed E-state index contributed by atoms with van der Waals surface area (Å²) in [5, 5.41) is 18.2. The Morgan fingerprint density at radius 3 is 1.15 bits per heavy atom. The maximum Gasteiger partial charge on any atom is 0.160 e. The van der Waals surface area contributed by atoms with E-state index in [1.165, 1.54) is 0 Å². The standard InChI is InChI=1S/C22H24O4/c1-21(11-15-3-7-17(13-23)8-4-15)19(25)22(2,20(21)26)12-16-5-9-18(14-24)10-6-16/h3-10,23-24H,11-14H2,1-2H3.